The molecule has 1 N–H and O–H groups in total. The Morgan fingerprint density at radius 2 is 2.08 bits per heavy atom. The topological polar surface area (TPSA) is 58.1 Å². The van der Waals surface area contributed by atoms with Crippen LogP contribution in [0.2, 0.25) is 0 Å². The molecule has 1 aliphatic heterocycles. The Morgan fingerprint density at radius 1 is 1.24 bits per heavy atom. The normalized spacial score (nSPS) is 17.9. The summed E-state index contributed by atoms with van der Waals surface area (Å²) in [5.41, 5.74) is 2.08. The standard InChI is InChI=1S/C19H23FN4O/c1-13-5-6-15(10-17(13)20)18-11-19(22-12-21-18)24-8-3-4-16(7-9-24)23-14(2)25/h5-6,10-12,16H,3-4,7-9H2,1-2H3,(H,23,25). The van der Waals surface area contributed by atoms with Crippen LogP contribution in [0.5, 0.6) is 0 Å². The van der Waals surface area contributed by atoms with Gasteiger partial charge in [-0.25, -0.2) is 14.4 Å². The van der Waals surface area contributed by atoms with Crippen LogP contribution in [0.4, 0.5) is 10.2 Å². The van der Waals surface area contributed by atoms with E-state index in [1.165, 1.54) is 12.4 Å². The highest BCUT2D eigenvalue weighted by Crippen LogP contribution is 2.24. The SMILES string of the molecule is CC(=O)NC1CCCN(c2cc(-c3ccc(C)c(F)c3)ncn2)CC1. The van der Waals surface area contributed by atoms with E-state index < -0.39 is 0 Å². The summed E-state index contributed by atoms with van der Waals surface area (Å²) in [6, 6.07) is 7.27. The number of carbonyl (C=O) groups excluding carboxylic acids is 1. The molecule has 1 aliphatic rings. The summed E-state index contributed by atoms with van der Waals surface area (Å²) in [4.78, 5) is 22.1. The molecule has 132 valence electrons. The maximum absolute atomic E-state index is 13.8. The molecule has 1 amide bonds. The van der Waals surface area contributed by atoms with E-state index >= 15 is 0 Å². The third-order valence-corrected chi connectivity index (χ3v) is 4.58. The molecule has 6 heteroatoms. The van der Waals surface area contributed by atoms with Crippen LogP contribution >= 0.6 is 0 Å². The van der Waals surface area contributed by atoms with Crippen molar-refractivity contribution in [1.29, 1.82) is 0 Å². The molecular formula is C19H23FN4O. The molecule has 1 saturated heterocycles. The number of aryl methyl sites for hydroxylation is 1. The lowest BCUT2D eigenvalue weighted by Crippen LogP contribution is -2.34. The first-order chi connectivity index (χ1) is 12.0. The number of nitrogens with zero attached hydrogens (tertiary/aromatic N) is 3. The highest BCUT2D eigenvalue weighted by Gasteiger charge is 2.19. The van der Waals surface area contributed by atoms with Gasteiger partial charge in [0.25, 0.3) is 0 Å². The largest absolute Gasteiger partial charge is 0.356 e. The molecule has 5 nitrogen and oxygen atoms in total. The number of anilines is 1. The first-order valence-electron chi connectivity index (χ1n) is 8.63. The molecule has 1 atom stereocenters. The van der Waals surface area contributed by atoms with Crippen LogP contribution in [0, 0.1) is 12.7 Å². The summed E-state index contributed by atoms with van der Waals surface area (Å²) >= 11 is 0. The smallest absolute Gasteiger partial charge is 0.217 e. The van der Waals surface area contributed by atoms with Crippen LogP contribution in [0.15, 0.2) is 30.6 Å². The van der Waals surface area contributed by atoms with Crippen LogP contribution < -0.4 is 10.2 Å². The zero-order valence-corrected chi connectivity index (χ0v) is 14.6. The van der Waals surface area contributed by atoms with Crippen molar-refractivity contribution in [2.75, 3.05) is 18.0 Å². The van der Waals surface area contributed by atoms with Crippen molar-refractivity contribution < 1.29 is 9.18 Å². The summed E-state index contributed by atoms with van der Waals surface area (Å²) in [7, 11) is 0. The second-order valence-corrected chi connectivity index (χ2v) is 6.54. The van der Waals surface area contributed by atoms with Crippen molar-refractivity contribution in [2.24, 2.45) is 0 Å². The van der Waals surface area contributed by atoms with Gasteiger partial charge in [-0.05, 0) is 37.8 Å². The highest BCUT2D eigenvalue weighted by atomic mass is 19.1. The second-order valence-electron chi connectivity index (χ2n) is 6.54. The zero-order valence-electron chi connectivity index (χ0n) is 14.6. The van der Waals surface area contributed by atoms with Crippen LogP contribution in [0.3, 0.4) is 0 Å². The van der Waals surface area contributed by atoms with Crippen molar-refractivity contribution >= 4 is 11.7 Å². The number of nitrogens with one attached hydrogen (secondary N) is 1. The number of halogens is 1. The fraction of sp³-hybridized carbons (Fsp3) is 0.421. The van der Waals surface area contributed by atoms with Crippen molar-refractivity contribution in [3.8, 4) is 11.3 Å². The van der Waals surface area contributed by atoms with E-state index in [2.05, 4.69) is 20.2 Å². The van der Waals surface area contributed by atoms with Gasteiger partial charge in [0.15, 0.2) is 0 Å². The molecule has 1 aromatic heterocycles. The Labute approximate surface area is 147 Å². The second kappa shape index (κ2) is 7.59. The number of aromatic nitrogens is 2. The van der Waals surface area contributed by atoms with Crippen molar-refractivity contribution in [1.82, 2.24) is 15.3 Å². The lowest BCUT2D eigenvalue weighted by atomic mass is 10.1. The lowest BCUT2D eigenvalue weighted by molar-refractivity contribution is -0.119. The summed E-state index contributed by atoms with van der Waals surface area (Å²) < 4.78 is 13.8. The summed E-state index contributed by atoms with van der Waals surface area (Å²) in [5, 5.41) is 3.00. The lowest BCUT2D eigenvalue weighted by Gasteiger charge is -2.22. The van der Waals surface area contributed by atoms with Gasteiger partial charge in [0.2, 0.25) is 5.91 Å². The number of benzene rings is 1. The average molecular weight is 342 g/mol. The molecule has 0 saturated carbocycles. The first kappa shape index (κ1) is 17.3. The quantitative estimate of drug-likeness (QED) is 0.931. The molecule has 0 bridgehead atoms. The fourth-order valence-corrected chi connectivity index (χ4v) is 3.19. The minimum Gasteiger partial charge on any atom is -0.356 e. The van der Waals surface area contributed by atoms with Crippen molar-refractivity contribution in [3.63, 3.8) is 0 Å². The minimum atomic E-state index is -0.231. The van der Waals surface area contributed by atoms with Gasteiger partial charge in [-0.15, -0.1) is 0 Å². The van der Waals surface area contributed by atoms with Gasteiger partial charge in [-0.3, -0.25) is 4.79 Å². The van der Waals surface area contributed by atoms with Gasteiger partial charge in [0.05, 0.1) is 5.69 Å². The van der Waals surface area contributed by atoms with E-state index in [4.69, 9.17) is 0 Å². The van der Waals surface area contributed by atoms with Gasteiger partial charge < -0.3 is 10.2 Å². The molecule has 2 aromatic rings. The molecular weight excluding hydrogens is 319 g/mol. The number of rotatable bonds is 3. The maximum Gasteiger partial charge on any atom is 0.217 e. The molecule has 2 heterocycles. The molecule has 25 heavy (non-hydrogen) atoms. The summed E-state index contributed by atoms with van der Waals surface area (Å²) in [5.74, 6) is 0.629. The number of hydrogen-bond acceptors (Lipinski definition) is 4. The van der Waals surface area contributed by atoms with Gasteiger partial charge in [0.1, 0.15) is 18.0 Å². The minimum absolute atomic E-state index is 0.0178. The average Bonchev–Trinajstić information content (AvgIpc) is 2.82. The van der Waals surface area contributed by atoms with Gasteiger partial charge >= 0.3 is 0 Å². The molecule has 1 fully saturated rings. The Bertz CT molecular complexity index is 765. The predicted octanol–water partition coefficient (Wildman–Crippen LogP) is 3.09. The van der Waals surface area contributed by atoms with E-state index in [0.717, 1.165) is 43.7 Å². The fourth-order valence-electron chi connectivity index (χ4n) is 3.19. The van der Waals surface area contributed by atoms with E-state index in [9.17, 15) is 9.18 Å². The number of carbonyl (C=O) groups is 1. The summed E-state index contributed by atoms with van der Waals surface area (Å²) in [6.07, 6.45) is 4.37. The van der Waals surface area contributed by atoms with Gasteiger partial charge in [-0.2, -0.15) is 0 Å². The van der Waals surface area contributed by atoms with E-state index in [0.29, 0.717) is 11.3 Å². The van der Waals surface area contributed by atoms with Gasteiger partial charge in [0, 0.05) is 37.7 Å². The van der Waals surface area contributed by atoms with E-state index in [-0.39, 0.29) is 17.8 Å². The van der Waals surface area contributed by atoms with Crippen LogP contribution in [0.1, 0.15) is 31.7 Å². The predicted molar refractivity (Wildman–Crippen MR) is 95.8 cm³/mol. The third-order valence-electron chi connectivity index (χ3n) is 4.58. The molecule has 3 rings (SSSR count). The monoisotopic (exact) mass is 342 g/mol. The first-order valence-corrected chi connectivity index (χ1v) is 8.63. The molecule has 1 unspecified atom stereocenters. The van der Waals surface area contributed by atoms with Crippen LogP contribution in [-0.2, 0) is 4.79 Å². The highest BCUT2D eigenvalue weighted by molar-refractivity contribution is 5.73. The molecule has 0 radical (unpaired) electrons. The Morgan fingerprint density at radius 3 is 2.84 bits per heavy atom. The zero-order chi connectivity index (χ0) is 17.8. The third kappa shape index (κ3) is 4.32. The van der Waals surface area contributed by atoms with Crippen LogP contribution in [0.25, 0.3) is 11.3 Å². The van der Waals surface area contributed by atoms with Gasteiger partial charge in [-0.1, -0.05) is 12.1 Å². The number of hydrogen-bond donors (Lipinski definition) is 1. The Kier molecular flexibility index (Phi) is 5.26. The molecule has 0 aliphatic carbocycles. The molecule has 0 spiro atoms. The Hall–Kier alpha value is -2.50. The summed E-state index contributed by atoms with van der Waals surface area (Å²) in [6.45, 7) is 5.01. The van der Waals surface area contributed by atoms with E-state index in [1.54, 1.807) is 19.9 Å². The van der Waals surface area contributed by atoms with Crippen molar-refractivity contribution in [2.45, 2.75) is 39.2 Å². The Balaban J connectivity index is 1.77. The van der Waals surface area contributed by atoms with Crippen LogP contribution in [-0.4, -0.2) is 35.0 Å². The van der Waals surface area contributed by atoms with E-state index in [1.807, 2.05) is 12.1 Å². The molecule has 1 aromatic carbocycles. The van der Waals surface area contributed by atoms with Crippen molar-refractivity contribution in [3.05, 3.63) is 42.0 Å². The number of amides is 1. The maximum atomic E-state index is 13.8.